The lowest BCUT2D eigenvalue weighted by Crippen LogP contribution is -2.32. The molecule has 1 aliphatic rings. The molecule has 18 heavy (non-hydrogen) atoms. The number of ether oxygens (including phenoxy) is 1. The summed E-state index contributed by atoms with van der Waals surface area (Å²) >= 11 is 3.42. The van der Waals surface area contributed by atoms with Gasteiger partial charge in [-0.1, -0.05) is 41.6 Å². The summed E-state index contributed by atoms with van der Waals surface area (Å²) in [5, 5.41) is 3.61. The highest BCUT2D eigenvalue weighted by atomic mass is 79.9. The van der Waals surface area contributed by atoms with E-state index in [4.69, 9.17) is 4.74 Å². The summed E-state index contributed by atoms with van der Waals surface area (Å²) in [4.78, 5) is 0. The largest absolute Gasteiger partial charge is 0.492 e. The molecule has 3 heteroatoms. The molecule has 1 fully saturated rings. The molecule has 1 saturated carbocycles. The van der Waals surface area contributed by atoms with Crippen LogP contribution in [-0.2, 0) is 0 Å². The van der Waals surface area contributed by atoms with E-state index in [0.717, 1.165) is 23.4 Å². The first-order valence-corrected chi connectivity index (χ1v) is 7.75. The molecule has 1 N–H and O–H groups in total. The highest BCUT2D eigenvalue weighted by molar-refractivity contribution is 9.10. The van der Waals surface area contributed by atoms with Crippen LogP contribution in [0.25, 0.3) is 0 Å². The van der Waals surface area contributed by atoms with E-state index in [1.807, 2.05) is 24.3 Å². The average molecular weight is 312 g/mol. The van der Waals surface area contributed by atoms with Gasteiger partial charge >= 0.3 is 0 Å². The predicted molar refractivity (Wildman–Crippen MR) is 79.1 cm³/mol. The smallest absolute Gasteiger partial charge is 0.119 e. The van der Waals surface area contributed by atoms with Crippen molar-refractivity contribution in [1.29, 1.82) is 0 Å². The van der Waals surface area contributed by atoms with Crippen LogP contribution in [0.4, 0.5) is 0 Å². The zero-order valence-electron chi connectivity index (χ0n) is 10.8. The van der Waals surface area contributed by atoms with Crippen molar-refractivity contribution in [1.82, 2.24) is 5.32 Å². The van der Waals surface area contributed by atoms with Gasteiger partial charge in [-0.2, -0.15) is 0 Å². The third kappa shape index (κ3) is 4.99. The van der Waals surface area contributed by atoms with E-state index in [0.29, 0.717) is 6.04 Å². The summed E-state index contributed by atoms with van der Waals surface area (Å²) in [6.07, 6.45) is 8.24. The number of benzene rings is 1. The quantitative estimate of drug-likeness (QED) is 0.652. The summed E-state index contributed by atoms with van der Waals surface area (Å²) in [6.45, 7) is 1.69. The summed E-state index contributed by atoms with van der Waals surface area (Å²) in [5.41, 5.74) is 0. The minimum absolute atomic E-state index is 0.709. The van der Waals surface area contributed by atoms with Gasteiger partial charge in [-0.15, -0.1) is 0 Å². The number of hydrogen-bond acceptors (Lipinski definition) is 2. The normalized spacial score (nSPS) is 17.4. The highest BCUT2D eigenvalue weighted by Crippen LogP contribution is 2.17. The Labute approximate surface area is 118 Å². The molecule has 0 saturated heterocycles. The lowest BCUT2D eigenvalue weighted by molar-refractivity contribution is 0.300. The standard InChI is InChI=1S/C15H22BrNO/c16-13-7-9-15(10-8-13)18-12-11-17-14-5-3-1-2-4-6-14/h7-10,14,17H,1-6,11-12H2. The number of halogens is 1. The molecule has 1 aromatic rings. The molecule has 0 aliphatic heterocycles. The molecule has 0 heterocycles. The molecule has 2 nitrogen and oxygen atoms in total. The van der Waals surface area contributed by atoms with Gasteiger partial charge in [0.25, 0.3) is 0 Å². The second-order valence-electron chi connectivity index (χ2n) is 4.94. The van der Waals surface area contributed by atoms with E-state index < -0.39 is 0 Å². The Morgan fingerprint density at radius 1 is 1.06 bits per heavy atom. The maximum absolute atomic E-state index is 5.70. The molecule has 0 spiro atoms. The zero-order chi connectivity index (χ0) is 12.6. The SMILES string of the molecule is Brc1ccc(OCCNC2CCCCCC2)cc1. The highest BCUT2D eigenvalue weighted by Gasteiger charge is 2.10. The van der Waals surface area contributed by atoms with Crippen molar-refractivity contribution in [3.63, 3.8) is 0 Å². The third-order valence-corrected chi connectivity index (χ3v) is 4.00. The Morgan fingerprint density at radius 3 is 2.39 bits per heavy atom. The van der Waals surface area contributed by atoms with Gasteiger partial charge in [0.05, 0.1) is 0 Å². The van der Waals surface area contributed by atoms with Gasteiger partial charge in [-0.25, -0.2) is 0 Å². The van der Waals surface area contributed by atoms with Gasteiger partial charge in [-0.05, 0) is 37.1 Å². The molecule has 100 valence electrons. The van der Waals surface area contributed by atoms with Gasteiger partial charge < -0.3 is 10.1 Å². The fourth-order valence-corrected chi connectivity index (χ4v) is 2.71. The Bertz CT molecular complexity index is 331. The molecular formula is C15H22BrNO. The molecule has 2 rings (SSSR count). The fourth-order valence-electron chi connectivity index (χ4n) is 2.45. The number of hydrogen-bond donors (Lipinski definition) is 1. The molecule has 0 atom stereocenters. The van der Waals surface area contributed by atoms with Crippen molar-refractivity contribution in [2.45, 2.75) is 44.6 Å². The summed E-state index contributed by atoms with van der Waals surface area (Å²) in [5.74, 6) is 0.945. The van der Waals surface area contributed by atoms with Gasteiger partial charge in [0.15, 0.2) is 0 Å². The third-order valence-electron chi connectivity index (χ3n) is 3.47. The molecule has 0 aromatic heterocycles. The molecule has 0 bridgehead atoms. The Balaban J connectivity index is 1.61. The van der Waals surface area contributed by atoms with Gasteiger partial charge in [0.1, 0.15) is 12.4 Å². The minimum Gasteiger partial charge on any atom is -0.492 e. The Kier molecular flexibility index (Phi) is 6.01. The van der Waals surface area contributed by atoms with Crippen molar-refractivity contribution >= 4 is 15.9 Å². The molecule has 0 radical (unpaired) electrons. The molecule has 0 amide bonds. The van der Waals surface area contributed by atoms with Crippen LogP contribution < -0.4 is 10.1 Å². The maximum atomic E-state index is 5.70. The van der Waals surface area contributed by atoms with Crippen LogP contribution in [0.2, 0.25) is 0 Å². The summed E-state index contributed by atoms with van der Waals surface area (Å²) < 4.78 is 6.79. The zero-order valence-corrected chi connectivity index (χ0v) is 12.4. The van der Waals surface area contributed by atoms with E-state index in [1.54, 1.807) is 0 Å². The summed E-state index contributed by atoms with van der Waals surface area (Å²) in [6, 6.07) is 8.72. The first-order valence-electron chi connectivity index (χ1n) is 6.96. The first-order chi connectivity index (χ1) is 8.84. The van der Waals surface area contributed by atoms with Gasteiger partial charge in [0.2, 0.25) is 0 Å². The Morgan fingerprint density at radius 2 is 1.72 bits per heavy atom. The van der Waals surface area contributed by atoms with E-state index >= 15 is 0 Å². The maximum Gasteiger partial charge on any atom is 0.119 e. The topological polar surface area (TPSA) is 21.3 Å². The van der Waals surface area contributed by atoms with E-state index in [2.05, 4.69) is 21.2 Å². The molecule has 0 unspecified atom stereocenters. The lowest BCUT2D eigenvalue weighted by atomic mass is 10.1. The van der Waals surface area contributed by atoms with Crippen molar-refractivity contribution in [3.8, 4) is 5.75 Å². The van der Waals surface area contributed by atoms with Crippen LogP contribution in [0.5, 0.6) is 5.75 Å². The predicted octanol–water partition coefficient (Wildman–Crippen LogP) is 4.14. The monoisotopic (exact) mass is 311 g/mol. The van der Waals surface area contributed by atoms with Crippen LogP contribution in [0.3, 0.4) is 0 Å². The minimum atomic E-state index is 0.709. The van der Waals surface area contributed by atoms with Crippen molar-refractivity contribution < 1.29 is 4.74 Å². The van der Waals surface area contributed by atoms with Crippen molar-refractivity contribution in [2.24, 2.45) is 0 Å². The van der Waals surface area contributed by atoms with Gasteiger partial charge in [-0.3, -0.25) is 0 Å². The first kappa shape index (κ1) is 13.9. The average Bonchev–Trinajstić information content (AvgIpc) is 2.65. The fraction of sp³-hybridized carbons (Fsp3) is 0.600. The second kappa shape index (κ2) is 7.80. The van der Waals surface area contributed by atoms with E-state index in [1.165, 1.54) is 38.5 Å². The van der Waals surface area contributed by atoms with E-state index in [9.17, 15) is 0 Å². The molecular weight excluding hydrogens is 290 g/mol. The van der Waals surface area contributed by atoms with Crippen molar-refractivity contribution in [2.75, 3.05) is 13.2 Å². The Hall–Kier alpha value is -0.540. The van der Waals surface area contributed by atoms with Crippen LogP contribution in [0, 0.1) is 0 Å². The summed E-state index contributed by atoms with van der Waals surface area (Å²) in [7, 11) is 0. The van der Waals surface area contributed by atoms with Crippen LogP contribution in [0.1, 0.15) is 38.5 Å². The lowest BCUT2D eigenvalue weighted by Gasteiger charge is -2.16. The van der Waals surface area contributed by atoms with Crippen LogP contribution in [-0.4, -0.2) is 19.2 Å². The number of rotatable bonds is 5. The second-order valence-corrected chi connectivity index (χ2v) is 5.86. The van der Waals surface area contributed by atoms with E-state index in [-0.39, 0.29) is 0 Å². The van der Waals surface area contributed by atoms with Crippen LogP contribution >= 0.6 is 15.9 Å². The van der Waals surface area contributed by atoms with Crippen molar-refractivity contribution in [3.05, 3.63) is 28.7 Å². The van der Waals surface area contributed by atoms with Gasteiger partial charge in [0, 0.05) is 17.1 Å². The molecule has 1 aromatic carbocycles. The molecule has 1 aliphatic carbocycles. The number of nitrogens with one attached hydrogen (secondary N) is 1. The van der Waals surface area contributed by atoms with Crippen LogP contribution in [0.15, 0.2) is 28.7 Å².